The lowest BCUT2D eigenvalue weighted by molar-refractivity contribution is -0.356. The van der Waals surface area contributed by atoms with Gasteiger partial charge in [-0.05, 0) is 0 Å². The number of halogens is 1. The molecule has 0 rings (SSSR count). The number of aliphatic hydroxyl groups is 2. The Hall–Kier alpha value is -0.270. The van der Waals surface area contributed by atoms with E-state index < -0.39 is 0 Å². The van der Waals surface area contributed by atoms with Crippen molar-refractivity contribution in [3.05, 3.63) is 0 Å². The lowest BCUT2D eigenvalue weighted by atomic mass is 10.8. The van der Waals surface area contributed by atoms with Crippen molar-refractivity contribution >= 4 is 0 Å². The second-order valence-corrected chi connectivity index (χ2v) is 1.55. The Kier molecular flexibility index (Phi) is 11.8. The highest BCUT2D eigenvalue weighted by atomic mass is 19.0. The normalized spacial score (nSPS) is 9.82. The van der Waals surface area contributed by atoms with Crippen molar-refractivity contribution in [2.24, 2.45) is 0 Å². The van der Waals surface area contributed by atoms with Gasteiger partial charge >= 0.3 is 0 Å². The molecule has 0 saturated heterocycles. The van der Waals surface area contributed by atoms with E-state index in [1.54, 1.807) is 7.05 Å². The van der Waals surface area contributed by atoms with Crippen LogP contribution < -0.4 is 0 Å². The minimum Gasteiger partial charge on any atom is -0.394 e. The third-order valence-corrected chi connectivity index (χ3v) is 0.729. The van der Waals surface area contributed by atoms with Crippen molar-refractivity contribution in [2.75, 3.05) is 33.5 Å². The molecule has 0 radical (unpaired) electrons. The molecule has 0 fully saturated rings. The van der Waals surface area contributed by atoms with Crippen LogP contribution in [0.2, 0.25) is 0 Å². The van der Waals surface area contributed by atoms with E-state index in [2.05, 4.69) is 0 Å². The Bertz CT molecular complexity index is 67.5. The van der Waals surface area contributed by atoms with Gasteiger partial charge in [-0.2, -0.15) is 0 Å². The van der Waals surface area contributed by atoms with E-state index >= 15 is 0 Å². The Labute approximate surface area is 64.4 Å². The molecule has 5 nitrogen and oxygen atoms in total. The smallest absolute Gasteiger partial charge is 0.0942 e. The summed E-state index contributed by atoms with van der Waals surface area (Å²) in [6.45, 7) is 0.295. The Morgan fingerprint density at radius 2 is 1.45 bits per heavy atom. The lowest BCUT2D eigenvalue weighted by Gasteiger charge is -2.13. The molecule has 0 unspecified atom stereocenters. The summed E-state index contributed by atoms with van der Waals surface area (Å²) in [6, 6.07) is 0. The van der Waals surface area contributed by atoms with E-state index in [9.17, 15) is 0 Å². The van der Waals surface area contributed by atoms with E-state index in [0.717, 1.165) is 5.23 Å². The van der Waals surface area contributed by atoms with Gasteiger partial charge in [0.05, 0.1) is 26.4 Å². The molecule has 0 aromatic heterocycles. The second-order valence-electron chi connectivity index (χ2n) is 1.55. The average Bonchev–Trinajstić information content (AvgIpc) is 1.97. The van der Waals surface area contributed by atoms with Crippen molar-refractivity contribution in [1.29, 1.82) is 0 Å². The zero-order valence-electron chi connectivity index (χ0n) is 6.39. The SMILES string of the molecule is CN(OCCO)OCCO.F. The molecule has 70 valence electrons. The summed E-state index contributed by atoms with van der Waals surface area (Å²) in [5, 5.41) is 17.7. The summed E-state index contributed by atoms with van der Waals surface area (Å²) in [6.07, 6.45) is 0. The standard InChI is InChI=1S/C5H13NO4.FH/c1-6(9-4-2-7)10-5-3-8;/h7-8H,2-5H2,1H3;1H. The Morgan fingerprint density at radius 3 is 1.73 bits per heavy atom. The molecule has 0 saturated carbocycles. The van der Waals surface area contributed by atoms with Gasteiger partial charge in [-0.1, -0.05) is 5.23 Å². The van der Waals surface area contributed by atoms with Gasteiger partial charge in [-0.25, -0.2) is 0 Å². The van der Waals surface area contributed by atoms with Crippen LogP contribution >= 0.6 is 0 Å². The lowest BCUT2D eigenvalue weighted by Crippen LogP contribution is -2.22. The number of hydrogen-bond donors (Lipinski definition) is 2. The molecule has 0 bridgehead atoms. The fourth-order valence-electron chi connectivity index (χ4n) is 0.376. The van der Waals surface area contributed by atoms with E-state index in [0.29, 0.717) is 0 Å². The molecule has 0 amide bonds. The van der Waals surface area contributed by atoms with Gasteiger partial charge in [0.2, 0.25) is 0 Å². The summed E-state index contributed by atoms with van der Waals surface area (Å²) in [4.78, 5) is 9.49. The van der Waals surface area contributed by atoms with Crippen LogP contribution in [0.5, 0.6) is 0 Å². The molecule has 0 aliphatic heterocycles. The fraction of sp³-hybridized carbons (Fsp3) is 1.00. The van der Waals surface area contributed by atoms with Crippen LogP contribution in [0.3, 0.4) is 0 Å². The molecule has 6 heteroatoms. The van der Waals surface area contributed by atoms with E-state index in [4.69, 9.17) is 19.9 Å². The van der Waals surface area contributed by atoms with Crippen LogP contribution in [0.25, 0.3) is 0 Å². The number of rotatable bonds is 6. The fourth-order valence-corrected chi connectivity index (χ4v) is 0.376. The predicted octanol–water partition coefficient (Wildman–Crippen LogP) is -1.08. The number of aliphatic hydroxyl groups excluding tert-OH is 2. The Morgan fingerprint density at radius 1 is 1.09 bits per heavy atom. The minimum atomic E-state index is -0.0488. The highest BCUT2D eigenvalue weighted by molar-refractivity contribution is 4.18. The maximum Gasteiger partial charge on any atom is 0.0942 e. The van der Waals surface area contributed by atoms with Crippen LogP contribution in [0.4, 0.5) is 4.70 Å². The second kappa shape index (κ2) is 9.73. The molecule has 0 atom stereocenters. The van der Waals surface area contributed by atoms with Crippen LogP contribution in [0.1, 0.15) is 0 Å². The molecule has 11 heavy (non-hydrogen) atoms. The highest BCUT2D eigenvalue weighted by Gasteiger charge is 1.95. The summed E-state index contributed by atoms with van der Waals surface area (Å²) in [5.41, 5.74) is 0. The van der Waals surface area contributed by atoms with Gasteiger partial charge in [-0.3, -0.25) is 14.4 Å². The summed E-state index contributed by atoms with van der Waals surface area (Å²) < 4.78 is 0. The van der Waals surface area contributed by atoms with Crippen molar-refractivity contribution in [3.8, 4) is 0 Å². The van der Waals surface area contributed by atoms with Gasteiger partial charge in [-0.15, -0.1) is 0 Å². The number of hydrogen-bond acceptors (Lipinski definition) is 5. The highest BCUT2D eigenvalue weighted by Crippen LogP contribution is 1.85. The average molecular weight is 171 g/mol. The molecule has 0 spiro atoms. The first kappa shape index (κ1) is 13.3. The van der Waals surface area contributed by atoms with Crippen LogP contribution in [0, 0.1) is 0 Å². The molecular weight excluding hydrogens is 157 g/mol. The van der Waals surface area contributed by atoms with Gasteiger partial charge in [0, 0.05) is 7.05 Å². The minimum absolute atomic E-state index is 0. The molecule has 0 aliphatic carbocycles. The topological polar surface area (TPSA) is 62.2 Å². The zero-order valence-corrected chi connectivity index (χ0v) is 6.39. The maximum atomic E-state index is 8.28. The molecule has 0 aromatic carbocycles. The van der Waals surface area contributed by atoms with Crippen molar-refractivity contribution in [2.45, 2.75) is 0 Å². The van der Waals surface area contributed by atoms with Gasteiger partial charge in [0.15, 0.2) is 0 Å². The maximum absolute atomic E-state index is 8.28. The first-order valence-corrected chi connectivity index (χ1v) is 3.02. The number of nitrogens with zero attached hydrogens (tertiary/aromatic N) is 1. The molecule has 2 N–H and O–H groups in total. The van der Waals surface area contributed by atoms with Crippen molar-refractivity contribution in [1.82, 2.24) is 5.23 Å². The van der Waals surface area contributed by atoms with Crippen LogP contribution in [-0.2, 0) is 9.68 Å². The molecule has 0 aliphatic rings. The van der Waals surface area contributed by atoms with Gasteiger partial charge < -0.3 is 10.2 Å². The van der Waals surface area contributed by atoms with Gasteiger partial charge in [0.25, 0.3) is 0 Å². The largest absolute Gasteiger partial charge is 0.394 e. The van der Waals surface area contributed by atoms with Crippen LogP contribution in [0.15, 0.2) is 0 Å². The Balaban J connectivity index is 0. The third kappa shape index (κ3) is 9.73. The summed E-state index contributed by atoms with van der Waals surface area (Å²) in [7, 11) is 1.55. The zero-order chi connectivity index (χ0) is 7.82. The van der Waals surface area contributed by atoms with Crippen LogP contribution in [-0.4, -0.2) is 48.9 Å². The summed E-state index contributed by atoms with van der Waals surface area (Å²) >= 11 is 0. The predicted molar refractivity (Wildman–Crippen MR) is 36.3 cm³/mol. The molecular formula is C5H14FNO4. The third-order valence-electron chi connectivity index (χ3n) is 0.729. The molecule has 0 aromatic rings. The summed E-state index contributed by atoms with van der Waals surface area (Å²) in [5.74, 6) is 0. The van der Waals surface area contributed by atoms with Crippen molar-refractivity contribution < 1.29 is 24.6 Å². The van der Waals surface area contributed by atoms with E-state index in [1.165, 1.54) is 0 Å². The quantitative estimate of drug-likeness (QED) is 0.498. The molecule has 0 heterocycles. The van der Waals surface area contributed by atoms with Crippen molar-refractivity contribution in [3.63, 3.8) is 0 Å². The van der Waals surface area contributed by atoms with E-state index in [-0.39, 0.29) is 31.1 Å². The van der Waals surface area contributed by atoms with E-state index in [1.807, 2.05) is 0 Å². The first-order chi connectivity index (χ1) is 4.81. The first-order valence-electron chi connectivity index (χ1n) is 3.02. The number of hydroxylamine groups is 2. The van der Waals surface area contributed by atoms with Gasteiger partial charge in [0.1, 0.15) is 0 Å². The monoisotopic (exact) mass is 171 g/mol.